The topological polar surface area (TPSA) is 71.2 Å². The molecule has 1 saturated heterocycles. The molecule has 32 heavy (non-hydrogen) atoms. The lowest BCUT2D eigenvalue weighted by atomic mass is 10.1. The Morgan fingerprint density at radius 3 is 2.72 bits per heavy atom. The number of aromatic nitrogens is 1. The molecule has 3 rings (SSSR count). The van der Waals surface area contributed by atoms with Crippen molar-refractivity contribution in [3.63, 3.8) is 0 Å². The Morgan fingerprint density at radius 1 is 1.28 bits per heavy atom. The second-order valence-corrected chi connectivity index (χ2v) is 8.06. The van der Waals surface area contributed by atoms with E-state index in [1.165, 1.54) is 0 Å². The van der Waals surface area contributed by atoms with Gasteiger partial charge in [-0.1, -0.05) is 41.4 Å². The van der Waals surface area contributed by atoms with Crippen LogP contribution in [0.25, 0.3) is 11.3 Å². The number of aliphatic hydroxyl groups excluding tert-OH is 1. The van der Waals surface area contributed by atoms with Crippen LogP contribution in [-0.4, -0.2) is 73.4 Å². The largest absolute Gasteiger partial charge is 0.389 e. The Bertz CT molecular complexity index is 839. The summed E-state index contributed by atoms with van der Waals surface area (Å²) < 4.78 is 17.1. The van der Waals surface area contributed by atoms with Crippen LogP contribution in [-0.2, 0) is 16.0 Å². The predicted octanol–water partition coefficient (Wildman–Crippen LogP) is 3.18. The highest BCUT2D eigenvalue weighted by Gasteiger charge is 2.27. The van der Waals surface area contributed by atoms with E-state index in [1.807, 2.05) is 30.3 Å². The molecule has 2 atom stereocenters. The summed E-state index contributed by atoms with van der Waals surface area (Å²) in [6.45, 7) is 8.80. The van der Waals surface area contributed by atoms with Crippen molar-refractivity contribution in [2.24, 2.45) is 0 Å². The summed E-state index contributed by atoms with van der Waals surface area (Å²) in [4.78, 5) is 4.39. The summed E-state index contributed by atoms with van der Waals surface area (Å²) in [7, 11) is 0. The quantitative estimate of drug-likeness (QED) is 0.378. The van der Waals surface area contributed by atoms with Crippen LogP contribution >= 0.6 is 0 Å². The SMILES string of the molecule is C#CCOCC(O)CN(Cc1c(-c2ccccc2)noc1N(CC)CC)CC1CCCO1. The van der Waals surface area contributed by atoms with Crippen molar-refractivity contribution in [2.45, 2.75) is 45.4 Å². The molecule has 0 aliphatic carbocycles. The van der Waals surface area contributed by atoms with Gasteiger partial charge in [0.15, 0.2) is 0 Å². The van der Waals surface area contributed by atoms with Gasteiger partial charge in [-0.25, -0.2) is 0 Å². The smallest absolute Gasteiger partial charge is 0.232 e. The molecular weight excluding hydrogens is 406 g/mol. The summed E-state index contributed by atoms with van der Waals surface area (Å²) in [6, 6.07) is 10.1. The van der Waals surface area contributed by atoms with E-state index in [4.69, 9.17) is 20.4 Å². The number of hydrogen-bond acceptors (Lipinski definition) is 7. The lowest BCUT2D eigenvalue weighted by Gasteiger charge is -2.28. The molecule has 2 aromatic rings. The van der Waals surface area contributed by atoms with Crippen molar-refractivity contribution >= 4 is 5.88 Å². The molecule has 1 aliphatic rings. The van der Waals surface area contributed by atoms with Crippen molar-refractivity contribution in [2.75, 3.05) is 50.9 Å². The maximum atomic E-state index is 10.6. The van der Waals surface area contributed by atoms with Gasteiger partial charge in [0, 0.05) is 44.9 Å². The van der Waals surface area contributed by atoms with Gasteiger partial charge >= 0.3 is 0 Å². The maximum absolute atomic E-state index is 10.6. The van der Waals surface area contributed by atoms with Crippen molar-refractivity contribution < 1.29 is 19.1 Å². The number of rotatable bonds is 13. The van der Waals surface area contributed by atoms with Crippen molar-refractivity contribution in [1.29, 1.82) is 0 Å². The van der Waals surface area contributed by atoms with Gasteiger partial charge in [-0.15, -0.1) is 6.42 Å². The summed E-state index contributed by atoms with van der Waals surface area (Å²) in [5.74, 6) is 3.22. The molecule has 0 spiro atoms. The molecule has 1 aromatic heterocycles. The van der Waals surface area contributed by atoms with E-state index in [2.05, 4.69) is 34.7 Å². The minimum atomic E-state index is -0.651. The average molecular weight is 442 g/mol. The molecule has 1 fully saturated rings. The van der Waals surface area contributed by atoms with Crippen LogP contribution in [0.15, 0.2) is 34.9 Å². The zero-order valence-corrected chi connectivity index (χ0v) is 19.2. The Hall–Kier alpha value is -2.37. The zero-order valence-electron chi connectivity index (χ0n) is 19.2. The minimum Gasteiger partial charge on any atom is -0.389 e. The standard InChI is InChI=1S/C25H35N3O4/c1-4-14-30-19-21(29)16-27(17-22-13-10-15-31-22)18-23-24(20-11-8-7-9-12-20)26-32-25(23)28(5-2)6-3/h1,7-9,11-12,21-22,29H,5-6,10,13-19H2,2-3H3. The molecule has 2 heterocycles. The van der Waals surface area contributed by atoms with Gasteiger partial charge in [0.2, 0.25) is 5.88 Å². The molecule has 0 bridgehead atoms. The normalized spacial score (nSPS) is 16.9. The van der Waals surface area contributed by atoms with Crippen molar-refractivity contribution in [1.82, 2.24) is 10.1 Å². The molecule has 1 aliphatic heterocycles. The third-order valence-corrected chi connectivity index (χ3v) is 5.70. The van der Waals surface area contributed by atoms with Gasteiger partial charge < -0.3 is 24.0 Å². The second-order valence-electron chi connectivity index (χ2n) is 8.06. The first-order valence-electron chi connectivity index (χ1n) is 11.5. The van der Waals surface area contributed by atoms with Gasteiger partial charge in [-0.3, -0.25) is 4.90 Å². The Morgan fingerprint density at radius 2 is 2.06 bits per heavy atom. The monoisotopic (exact) mass is 441 g/mol. The van der Waals surface area contributed by atoms with Crippen LogP contribution in [0.5, 0.6) is 0 Å². The highest BCUT2D eigenvalue weighted by molar-refractivity contribution is 5.68. The molecule has 0 radical (unpaired) electrons. The summed E-state index contributed by atoms with van der Waals surface area (Å²) in [5.41, 5.74) is 2.87. The fraction of sp³-hybridized carbons (Fsp3) is 0.560. The van der Waals surface area contributed by atoms with Gasteiger partial charge in [-0.2, -0.15) is 0 Å². The predicted molar refractivity (Wildman–Crippen MR) is 125 cm³/mol. The van der Waals surface area contributed by atoms with Gasteiger partial charge in [0.1, 0.15) is 12.3 Å². The fourth-order valence-electron chi connectivity index (χ4n) is 4.13. The lowest BCUT2D eigenvalue weighted by Crippen LogP contribution is -2.39. The number of anilines is 1. The van der Waals surface area contributed by atoms with Crippen LogP contribution in [0.4, 0.5) is 5.88 Å². The average Bonchev–Trinajstić information content (AvgIpc) is 3.46. The highest BCUT2D eigenvalue weighted by Crippen LogP contribution is 2.32. The van der Waals surface area contributed by atoms with Crippen molar-refractivity contribution in [3.05, 3.63) is 35.9 Å². The fourth-order valence-corrected chi connectivity index (χ4v) is 4.13. The van der Waals surface area contributed by atoms with Gasteiger partial charge in [0.05, 0.1) is 24.4 Å². The highest BCUT2D eigenvalue weighted by atomic mass is 16.5. The molecule has 7 nitrogen and oxygen atoms in total. The number of benzene rings is 1. The molecule has 0 amide bonds. The summed E-state index contributed by atoms with van der Waals surface area (Å²) >= 11 is 0. The van der Waals surface area contributed by atoms with Gasteiger partial charge in [0.25, 0.3) is 0 Å². The third kappa shape index (κ3) is 6.57. The summed E-state index contributed by atoms with van der Waals surface area (Å²) in [6.07, 6.45) is 6.85. The first-order chi connectivity index (χ1) is 15.7. The minimum absolute atomic E-state index is 0.158. The van der Waals surface area contributed by atoms with Crippen LogP contribution in [0, 0.1) is 12.3 Å². The number of ether oxygens (including phenoxy) is 2. The number of terminal acetylenes is 1. The number of hydrogen-bond donors (Lipinski definition) is 1. The Balaban J connectivity index is 1.86. The molecule has 0 saturated carbocycles. The van der Waals surface area contributed by atoms with Crippen molar-refractivity contribution in [3.8, 4) is 23.6 Å². The molecule has 1 aromatic carbocycles. The lowest BCUT2D eigenvalue weighted by molar-refractivity contribution is 0.00958. The Kier molecular flexibility index (Phi) is 9.57. The van der Waals surface area contributed by atoms with E-state index in [0.29, 0.717) is 13.1 Å². The zero-order chi connectivity index (χ0) is 22.8. The van der Waals surface area contributed by atoms with Crippen LogP contribution in [0.1, 0.15) is 32.3 Å². The van der Waals surface area contributed by atoms with E-state index >= 15 is 0 Å². The first kappa shape index (κ1) is 24.3. The Labute approximate surface area is 191 Å². The molecule has 7 heteroatoms. The van der Waals surface area contributed by atoms with Crippen LogP contribution in [0.3, 0.4) is 0 Å². The van der Waals surface area contributed by atoms with E-state index in [-0.39, 0.29) is 19.3 Å². The molecular formula is C25H35N3O4. The van der Waals surface area contributed by atoms with Gasteiger partial charge in [-0.05, 0) is 26.7 Å². The van der Waals surface area contributed by atoms with E-state index in [0.717, 1.165) is 61.8 Å². The molecule has 174 valence electrons. The summed E-state index contributed by atoms with van der Waals surface area (Å²) in [5, 5.41) is 15.0. The number of aliphatic hydroxyl groups is 1. The van der Waals surface area contributed by atoms with E-state index in [9.17, 15) is 5.11 Å². The van der Waals surface area contributed by atoms with Crippen LogP contribution in [0.2, 0.25) is 0 Å². The van der Waals surface area contributed by atoms with E-state index in [1.54, 1.807) is 0 Å². The molecule has 1 N–H and O–H groups in total. The van der Waals surface area contributed by atoms with Crippen LogP contribution < -0.4 is 4.90 Å². The maximum Gasteiger partial charge on any atom is 0.232 e. The first-order valence-corrected chi connectivity index (χ1v) is 11.5. The molecule has 2 unspecified atom stereocenters. The second kappa shape index (κ2) is 12.6. The number of nitrogens with zero attached hydrogens (tertiary/aromatic N) is 3. The van der Waals surface area contributed by atoms with E-state index < -0.39 is 6.10 Å². The third-order valence-electron chi connectivity index (χ3n) is 5.70.